The number of anilines is 1. The third-order valence-electron chi connectivity index (χ3n) is 5.37. The Bertz CT molecular complexity index is 585. The summed E-state index contributed by atoms with van der Waals surface area (Å²) >= 11 is 1.78. The number of guanidine groups is 1. The third kappa shape index (κ3) is 6.35. The Morgan fingerprint density at radius 2 is 2.00 bits per heavy atom. The van der Waals surface area contributed by atoms with E-state index >= 15 is 0 Å². The molecule has 7 heteroatoms. The fourth-order valence-corrected chi connectivity index (χ4v) is 4.85. The summed E-state index contributed by atoms with van der Waals surface area (Å²) in [4.78, 5) is 14.2. The predicted molar refractivity (Wildman–Crippen MR) is 116 cm³/mol. The summed E-state index contributed by atoms with van der Waals surface area (Å²) in [6.45, 7) is 11.4. The van der Waals surface area contributed by atoms with E-state index < -0.39 is 0 Å². The van der Waals surface area contributed by atoms with Gasteiger partial charge in [0, 0.05) is 64.2 Å². The smallest absolute Gasteiger partial charge is 0.191 e. The van der Waals surface area contributed by atoms with E-state index in [4.69, 9.17) is 4.98 Å². The van der Waals surface area contributed by atoms with Crippen molar-refractivity contribution in [3.05, 3.63) is 11.1 Å². The molecule has 0 saturated carbocycles. The molecule has 0 radical (unpaired) electrons. The van der Waals surface area contributed by atoms with E-state index in [0.717, 1.165) is 37.9 Å². The molecule has 1 aromatic rings. The maximum absolute atomic E-state index is 4.80. The van der Waals surface area contributed by atoms with Crippen molar-refractivity contribution < 1.29 is 0 Å². The number of nitrogens with one attached hydrogen (secondary N) is 2. The lowest BCUT2D eigenvalue weighted by molar-refractivity contribution is 0.187. The standard InChI is InChI=1S/C20H36N6S/c1-16(2)14-25-12-7-17(8-13-25)23-19(21-3)22-9-6-18-15-27-20(24-18)26-10-4-5-11-26/h15-17H,4-14H2,1-3H3,(H2,21,22,23). The second-order valence-corrected chi connectivity index (χ2v) is 9.01. The van der Waals surface area contributed by atoms with Gasteiger partial charge in [-0.15, -0.1) is 11.3 Å². The second kappa shape index (κ2) is 10.3. The largest absolute Gasteiger partial charge is 0.356 e. The molecular weight excluding hydrogens is 356 g/mol. The molecule has 0 aromatic carbocycles. The number of likely N-dealkylation sites (tertiary alicyclic amines) is 1. The fourth-order valence-electron chi connectivity index (χ4n) is 3.94. The molecule has 0 aliphatic carbocycles. The van der Waals surface area contributed by atoms with Crippen molar-refractivity contribution in [1.82, 2.24) is 20.5 Å². The Morgan fingerprint density at radius 1 is 1.26 bits per heavy atom. The summed E-state index contributed by atoms with van der Waals surface area (Å²) in [7, 11) is 1.86. The maximum Gasteiger partial charge on any atom is 0.191 e. The first-order valence-corrected chi connectivity index (χ1v) is 11.4. The Labute approximate surface area is 168 Å². The van der Waals surface area contributed by atoms with Crippen molar-refractivity contribution in [3.63, 3.8) is 0 Å². The summed E-state index contributed by atoms with van der Waals surface area (Å²) in [5, 5.41) is 10.5. The molecule has 1 aromatic heterocycles. The highest BCUT2D eigenvalue weighted by molar-refractivity contribution is 7.13. The highest BCUT2D eigenvalue weighted by Crippen LogP contribution is 2.24. The minimum absolute atomic E-state index is 0.528. The molecule has 6 nitrogen and oxygen atoms in total. The molecule has 0 amide bonds. The molecule has 2 saturated heterocycles. The van der Waals surface area contributed by atoms with Crippen LogP contribution in [-0.2, 0) is 6.42 Å². The first kappa shape index (κ1) is 20.4. The zero-order valence-corrected chi connectivity index (χ0v) is 18.0. The van der Waals surface area contributed by atoms with Crippen molar-refractivity contribution in [1.29, 1.82) is 0 Å². The lowest BCUT2D eigenvalue weighted by Crippen LogP contribution is -2.49. The minimum atomic E-state index is 0.528. The molecule has 3 heterocycles. The quantitative estimate of drug-likeness (QED) is 0.552. The lowest BCUT2D eigenvalue weighted by Gasteiger charge is -2.33. The molecule has 0 unspecified atom stereocenters. The summed E-state index contributed by atoms with van der Waals surface area (Å²) in [6.07, 6.45) is 5.93. The second-order valence-electron chi connectivity index (χ2n) is 8.18. The van der Waals surface area contributed by atoms with Gasteiger partial charge in [-0.1, -0.05) is 13.8 Å². The topological polar surface area (TPSA) is 55.8 Å². The van der Waals surface area contributed by atoms with Gasteiger partial charge in [0.25, 0.3) is 0 Å². The fraction of sp³-hybridized carbons (Fsp3) is 0.800. The van der Waals surface area contributed by atoms with Crippen molar-refractivity contribution in [2.75, 3.05) is 51.2 Å². The van der Waals surface area contributed by atoms with E-state index in [1.54, 1.807) is 11.3 Å². The van der Waals surface area contributed by atoms with Gasteiger partial charge >= 0.3 is 0 Å². The van der Waals surface area contributed by atoms with Crippen LogP contribution >= 0.6 is 11.3 Å². The van der Waals surface area contributed by atoms with Crippen LogP contribution in [0.15, 0.2) is 10.4 Å². The molecule has 2 fully saturated rings. The van der Waals surface area contributed by atoms with Gasteiger partial charge in [-0.2, -0.15) is 0 Å². The van der Waals surface area contributed by atoms with Gasteiger partial charge in [0.2, 0.25) is 0 Å². The van der Waals surface area contributed by atoms with Crippen LogP contribution in [-0.4, -0.2) is 68.2 Å². The number of piperidine rings is 1. The van der Waals surface area contributed by atoms with Crippen LogP contribution in [0.5, 0.6) is 0 Å². The number of hydrogen-bond acceptors (Lipinski definition) is 5. The van der Waals surface area contributed by atoms with Gasteiger partial charge in [-0.25, -0.2) is 4.98 Å². The molecule has 152 valence electrons. The van der Waals surface area contributed by atoms with Gasteiger partial charge in [0.15, 0.2) is 11.1 Å². The number of aromatic nitrogens is 1. The Balaban J connectivity index is 1.36. The third-order valence-corrected chi connectivity index (χ3v) is 6.32. The summed E-state index contributed by atoms with van der Waals surface area (Å²) in [5.74, 6) is 1.67. The molecule has 0 bridgehead atoms. The minimum Gasteiger partial charge on any atom is -0.356 e. The Kier molecular flexibility index (Phi) is 7.76. The number of thiazole rings is 1. The van der Waals surface area contributed by atoms with Crippen LogP contribution in [0.2, 0.25) is 0 Å². The molecule has 0 spiro atoms. The van der Waals surface area contributed by atoms with Gasteiger partial charge in [-0.3, -0.25) is 4.99 Å². The molecule has 2 aliphatic rings. The zero-order valence-electron chi connectivity index (χ0n) is 17.2. The summed E-state index contributed by atoms with van der Waals surface area (Å²) in [6, 6.07) is 0.528. The average molecular weight is 393 g/mol. The van der Waals surface area contributed by atoms with Gasteiger partial charge in [-0.05, 0) is 31.6 Å². The molecule has 27 heavy (non-hydrogen) atoms. The summed E-state index contributed by atoms with van der Waals surface area (Å²) < 4.78 is 0. The van der Waals surface area contributed by atoms with Gasteiger partial charge < -0.3 is 20.4 Å². The number of rotatable bonds is 7. The van der Waals surface area contributed by atoms with Crippen molar-refractivity contribution >= 4 is 22.4 Å². The van der Waals surface area contributed by atoms with Gasteiger partial charge in [0.1, 0.15) is 0 Å². The van der Waals surface area contributed by atoms with E-state index in [1.165, 1.54) is 56.1 Å². The summed E-state index contributed by atoms with van der Waals surface area (Å²) in [5.41, 5.74) is 1.19. The van der Waals surface area contributed by atoms with Crippen LogP contribution in [0.3, 0.4) is 0 Å². The monoisotopic (exact) mass is 392 g/mol. The maximum atomic E-state index is 4.80. The first-order chi connectivity index (χ1) is 13.1. The van der Waals surface area contributed by atoms with Crippen LogP contribution in [0.1, 0.15) is 45.2 Å². The normalized spacial score (nSPS) is 19.9. The van der Waals surface area contributed by atoms with Crippen LogP contribution in [0.25, 0.3) is 0 Å². The molecule has 2 N–H and O–H groups in total. The van der Waals surface area contributed by atoms with E-state index in [9.17, 15) is 0 Å². The van der Waals surface area contributed by atoms with E-state index in [0.29, 0.717) is 6.04 Å². The van der Waals surface area contributed by atoms with Crippen LogP contribution < -0.4 is 15.5 Å². The van der Waals surface area contributed by atoms with Crippen molar-refractivity contribution in [3.8, 4) is 0 Å². The van der Waals surface area contributed by atoms with Crippen LogP contribution in [0, 0.1) is 5.92 Å². The molecular formula is C20H36N6S. The number of hydrogen-bond donors (Lipinski definition) is 2. The average Bonchev–Trinajstić information content (AvgIpc) is 3.33. The highest BCUT2D eigenvalue weighted by atomic mass is 32.1. The predicted octanol–water partition coefficient (Wildman–Crippen LogP) is 2.57. The molecule has 0 atom stereocenters. The van der Waals surface area contributed by atoms with Crippen molar-refractivity contribution in [2.45, 2.75) is 52.0 Å². The Hall–Kier alpha value is -1.34. The van der Waals surface area contributed by atoms with E-state index in [1.807, 2.05) is 7.05 Å². The lowest BCUT2D eigenvalue weighted by atomic mass is 10.0. The molecule has 3 rings (SSSR count). The zero-order chi connectivity index (χ0) is 19.1. The SMILES string of the molecule is CN=C(NCCc1csc(N2CCCC2)n1)NC1CCN(CC(C)C)CC1. The highest BCUT2D eigenvalue weighted by Gasteiger charge is 2.20. The molecule has 2 aliphatic heterocycles. The van der Waals surface area contributed by atoms with Gasteiger partial charge in [0.05, 0.1) is 5.69 Å². The van der Waals surface area contributed by atoms with E-state index in [2.05, 4.69) is 44.7 Å². The van der Waals surface area contributed by atoms with E-state index in [-0.39, 0.29) is 0 Å². The first-order valence-electron chi connectivity index (χ1n) is 10.5. The van der Waals surface area contributed by atoms with Crippen molar-refractivity contribution in [2.24, 2.45) is 10.9 Å². The number of nitrogens with zero attached hydrogens (tertiary/aromatic N) is 4. The van der Waals surface area contributed by atoms with Crippen LogP contribution in [0.4, 0.5) is 5.13 Å². The number of aliphatic imine (C=N–C) groups is 1. The Morgan fingerprint density at radius 3 is 2.67 bits per heavy atom.